The maximum absolute atomic E-state index is 3.81. The van der Waals surface area contributed by atoms with Crippen molar-refractivity contribution in [2.45, 2.75) is 38.3 Å². The van der Waals surface area contributed by atoms with Gasteiger partial charge in [-0.25, -0.2) is 0 Å². The molecule has 1 atom stereocenters. The Hall–Kier alpha value is -1.60. The maximum atomic E-state index is 3.81. The van der Waals surface area contributed by atoms with Crippen LogP contribution in [0.15, 0.2) is 54.6 Å². The standard InChI is InChI=1S/C18H21N/c1-14-7-5-10-16(13-14)18(19-17-11-6-12-17)15-8-3-2-4-9-15/h2-5,7-10,13,17-19H,6,11-12H2,1H3. The van der Waals surface area contributed by atoms with Crippen molar-refractivity contribution < 1.29 is 0 Å². The number of benzene rings is 2. The minimum atomic E-state index is 0.325. The molecule has 0 saturated heterocycles. The van der Waals surface area contributed by atoms with Gasteiger partial charge in [0.25, 0.3) is 0 Å². The minimum absolute atomic E-state index is 0.325. The molecule has 98 valence electrons. The number of rotatable bonds is 4. The van der Waals surface area contributed by atoms with Crippen LogP contribution in [0.4, 0.5) is 0 Å². The highest BCUT2D eigenvalue weighted by Crippen LogP contribution is 2.27. The van der Waals surface area contributed by atoms with E-state index in [0.29, 0.717) is 12.1 Å². The van der Waals surface area contributed by atoms with Crippen LogP contribution in [0, 0.1) is 6.92 Å². The Kier molecular flexibility index (Phi) is 3.65. The molecule has 0 aromatic heterocycles. The van der Waals surface area contributed by atoms with Gasteiger partial charge in [0, 0.05) is 6.04 Å². The third-order valence-electron chi connectivity index (χ3n) is 4.02. The van der Waals surface area contributed by atoms with E-state index in [4.69, 9.17) is 0 Å². The molecule has 0 heterocycles. The van der Waals surface area contributed by atoms with Gasteiger partial charge in [-0.2, -0.15) is 0 Å². The second-order valence-electron chi connectivity index (χ2n) is 5.55. The van der Waals surface area contributed by atoms with Gasteiger partial charge in [-0.3, -0.25) is 0 Å². The molecule has 1 unspecified atom stereocenters. The van der Waals surface area contributed by atoms with Crippen LogP contribution < -0.4 is 5.32 Å². The average Bonchev–Trinajstić information content (AvgIpc) is 2.38. The zero-order valence-corrected chi connectivity index (χ0v) is 11.5. The normalized spacial score (nSPS) is 16.9. The summed E-state index contributed by atoms with van der Waals surface area (Å²) < 4.78 is 0. The molecule has 2 aromatic rings. The minimum Gasteiger partial charge on any atom is -0.303 e. The quantitative estimate of drug-likeness (QED) is 0.857. The van der Waals surface area contributed by atoms with Crippen LogP contribution in [0.25, 0.3) is 0 Å². The maximum Gasteiger partial charge on any atom is 0.0578 e. The first-order chi connectivity index (χ1) is 9.33. The topological polar surface area (TPSA) is 12.0 Å². The predicted octanol–water partition coefficient (Wildman–Crippen LogP) is 4.23. The Morgan fingerprint density at radius 3 is 2.32 bits per heavy atom. The molecular formula is C18H21N. The molecule has 0 spiro atoms. The molecule has 1 saturated carbocycles. The molecule has 0 bridgehead atoms. The fourth-order valence-electron chi connectivity index (χ4n) is 2.69. The Labute approximate surface area is 115 Å². The molecule has 1 fully saturated rings. The van der Waals surface area contributed by atoms with Crippen molar-refractivity contribution in [3.63, 3.8) is 0 Å². The van der Waals surface area contributed by atoms with E-state index in [1.165, 1.54) is 36.0 Å². The Bertz CT molecular complexity index is 528. The predicted molar refractivity (Wildman–Crippen MR) is 80.2 cm³/mol. The highest BCUT2D eigenvalue weighted by Gasteiger charge is 2.23. The summed E-state index contributed by atoms with van der Waals surface area (Å²) in [6, 6.07) is 20.6. The number of hydrogen-bond donors (Lipinski definition) is 1. The highest BCUT2D eigenvalue weighted by atomic mass is 15.0. The van der Waals surface area contributed by atoms with E-state index in [1.54, 1.807) is 0 Å². The third-order valence-corrected chi connectivity index (χ3v) is 4.02. The summed E-state index contributed by atoms with van der Waals surface area (Å²) in [7, 11) is 0. The van der Waals surface area contributed by atoms with Crippen molar-refractivity contribution in [3.05, 3.63) is 71.3 Å². The summed E-state index contributed by atoms with van der Waals surface area (Å²) in [5, 5.41) is 3.81. The Balaban J connectivity index is 1.91. The smallest absolute Gasteiger partial charge is 0.0578 e. The van der Waals surface area contributed by atoms with Crippen LogP contribution in [-0.4, -0.2) is 6.04 Å². The van der Waals surface area contributed by atoms with Gasteiger partial charge in [-0.05, 0) is 30.9 Å². The lowest BCUT2D eigenvalue weighted by molar-refractivity contribution is 0.320. The van der Waals surface area contributed by atoms with Crippen LogP contribution in [0.1, 0.15) is 42.0 Å². The third kappa shape index (κ3) is 2.87. The molecule has 2 aromatic carbocycles. The molecule has 1 aliphatic carbocycles. The summed E-state index contributed by atoms with van der Waals surface area (Å²) in [4.78, 5) is 0. The van der Waals surface area contributed by atoms with Gasteiger partial charge in [0.05, 0.1) is 6.04 Å². The van der Waals surface area contributed by atoms with Crippen LogP contribution in [0.5, 0.6) is 0 Å². The monoisotopic (exact) mass is 251 g/mol. The lowest BCUT2D eigenvalue weighted by Crippen LogP contribution is -2.38. The van der Waals surface area contributed by atoms with E-state index in [2.05, 4.69) is 66.8 Å². The van der Waals surface area contributed by atoms with Gasteiger partial charge < -0.3 is 5.32 Å². The van der Waals surface area contributed by atoms with E-state index in [1.807, 2.05) is 0 Å². The largest absolute Gasteiger partial charge is 0.303 e. The highest BCUT2D eigenvalue weighted by molar-refractivity contribution is 5.34. The van der Waals surface area contributed by atoms with E-state index in [-0.39, 0.29) is 0 Å². The molecule has 0 amide bonds. The summed E-state index contributed by atoms with van der Waals surface area (Å²) in [5.74, 6) is 0. The van der Waals surface area contributed by atoms with Crippen LogP contribution >= 0.6 is 0 Å². The lowest BCUT2D eigenvalue weighted by Gasteiger charge is -2.32. The van der Waals surface area contributed by atoms with Gasteiger partial charge in [-0.15, -0.1) is 0 Å². The molecule has 3 rings (SSSR count). The lowest BCUT2D eigenvalue weighted by atomic mass is 9.89. The summed E-state index contributed by atoms with van der Waals surface area (Å²) in [6.07, 6.45) is 4.00. The van der Waals surface area contributed by atoms with E-state index >= 15 is 0 Å². The molecular weight excluding hydrogens is 230 g/mol. The van der Waals surface area contributed by atoms with E-state index in [9.17, 15) is 0 Å². The van der Waals surface area contributed by atoms with Gasteiger partial charge in [0.1, 0.15) is 0 Å². The molecule has 1 aliphatic rings. The van der Waals surface area contributed by atoms with E-state index in [0.717, 1.165) is 0 Å². The van der Waals surface area contributed by atoms with Crippen molar-refractivity contribution in [1.82, 2.24) is 5.32 Å². The van der Waals surface area contributed by atoms with Gasteiger partial charge in [-0.1, -0.05) is 66.6 Å². The summed E-state index contributed by atoms with van der Waals surface area (Å²) in [6.45, 7) is 2.16. The molecule has 19 heavy (non-hydrogen) atoms. The molecule has 1 nitrogen and oxygen atoms in total. The van der Waals surface area contributed by atoms with Crippen LogP contribution in [-0.2, 0) is 0 Å². The molecule has 1 N–H and O–H groups in total. The van der Waals surface area contributed by atoms with Crippen molar-refractivity contribution in [3.8, 4) is 0 Å². The van der Waals surface area contributed by atoms with E-state index < -0.39 is 0 Å². The second kappa shape index (κ2) is 5.58. The van der Waals surface area contributed by atoms with Gasteiger partial charge in [0.15, 0.2) is 0 Å². The molecule has 1 heteroatoms. The second-order valence-corrected chi connectivity index (χ2v) is 5.55. The Morgan fingerprint density at radius 1 is 0.947 bits per heavy atom. The van der Waals surface area contributed by atoms with Gasteiger partial charge in [0.2, 0.25) is 0 Å². The number of aryl methyl sites for hydroxylation is 1. The first kappa shape index (κ1) is 12.4. The van der Waals surface area contributed by atoms with Crippen molar-refractivity contribution in [2.24, 2.45) is 0 Å². The zero-order valence-electron chi connectivity index (χ0n) is 11.5. The Morgan fingerprint density at radius 2 is 1.68 bits per heavy atom. The first-order valence-corrected chi connectivity index (χ1v) is 7.20. The fraction of sp³-hybridized carbons (Fsp3) is 0.333. The zero-order chi connectivity index (χ0) is 13.1. The average molecular weight is 251 g/mol. The van der Waals surface area contributed by atoms with Gasteiger partial charge >= 0.3 is 0 Å². The first-order valence-electron chi connectivity index (χ1n) is 7.20. The molecule has 0 radical (unpaired) electrons. The van der Waals surface area contributed by atoms with Crippen LogP contribution in [0.3, 0.4) is 0 Å². The van der Waals surface area contributed by atoms with Crippen molar-refractivity contribution in [1.29, 1.82) is 0 Å². The fourth-order valence-corrected chi connectivity index (χ4v) is 2.69. The summed E-state index contributed by atoms with van der Waals surface area (Å²) in [5.41, 5.74) is 4.06. The number of hydrogen-bond acceptors (Lipinski definition) is 1. The summed E-state index contributed by atoms with van der Waals surface area (Å²) >= 11 is 0. The molecule has 0 aliphatic heterocycles. The number of nitrogens with one attached hydrogen (secondary N) is 1. The SMILES string of the molecule is Cc1cccc(C(NC2CCC2)c2ccccc2)c1. The van der Waals surface area contributed by atoms with Crippen LogP contribution in [0.2, 0.25) is 0 Å². The van der Waals surface area contributed by atoms with Crippen molar-refractivity contribution in [2.75, 3.05) is 0 Å². The van der Waals surface area contributed by atoms with Crippen molar-refractivity contribution >= 4 is 0 Å².